The SMILES string of the molecule is CCC1CC[C@@H]2C[C@H](c3ccc(-c4ccc(OC)c(F)c4)cc3)CC[C@@H]2C1. The zero-order valence-corrected chi connectivity index (χ0v) is 16.6. The second-order valence-corrected chi connectivity index (χ2v) is 8.59. The van der Waals surface area contributed by atoms with Gasteiger partial charge in [-0.2, -0.15) is 0 Å². The maximum Gasteiger partial charge on any atom is 0.165 e. The third kappa shape index (κ3) is 3.90. The Balaban J connectivity index is 1.44. The van der Waals surface area contributed by atoms with Crippen LogP contribution in [0.2, 0.25) is 0 Å². The smallest absolute Gasteiger partial charge is 0.165 e. The van der Waals surface area contributed by atoms with Gasteiger partial charge >= 0.3 is 0 Å². The highest BCUT2D eigenvalue weighted by atomic mass is 19.1. The molecular weight excluding hydrogens is 335 g/mol. The van der Waals surface area contributed by atoms with Crippen LogP contribution in [0.3, 0.4) is 0 Å². The number of benzene rings is 2. The van der Waals surface area contributed by atoms with Crippen molar-refractivity contribution in [2.24, 2.45) is 17.8 Å². The van der Waals surface area contributed by atoms with E-state index in [9.17, 15) is 4.39 Å². The Kier molecular flexibility index (Phi) is 5.52. The van der Waals surface area contributed by atoms with Crippen molar-refractivity contribution in [2.45, 2.75) is 57.8 Å². The summed E-state index contributed by atoms with van der Waals surface area (Å²) in [4.78, 5) is 0. The minimum absolute atomic E-state index is 0.296. The van der Waals surface area contributed by atoms with E-state index in [1.165, 1.54) is 57.6 Å². The molecule has 0 amide bonds. The Hall–Kier alpha value is -1.83. The summed E-state index contributed by atoms with van der Waals surface area (Å²) in [5.41, 5.74) is 3.43. The Morgan fingerprint density at radius 1 is 0.889 bits per heavy atom. The summed E-state index contributed by atoms with van der Waals surface area (Å²) in [5.74, 6) is 3.58. The van der Waals surface area contributed by atoms with E-state index in [-0.39, 0.29) is 5.82 Å². The van der Waals surface area contributed by atoms with Crippen LogP contribution in [-0.4, -0.2) is 7.11 Å². The number of hydrogen-bond donors (Lipinski definition) is 0. The van der Waals surface area contributed by atoms with Crippen LogP contribution in [0.25, 0.3) is 11.1 Å². The van der Waals surface area contributed by atoms with Crippen LogP contribution < -0.4 is 4.74 Å². The van der Waals surface area contributed by atoms with Crippen molar-refractivity contribution in [3.63, 3.8) is 0 Å². The Bertz CT molecular complexity index is 766. The molecule has 0 saturated heterocycles. The normalized spacial score (nSPS) is 27.8. The van der Waals surface area contributed by atoms with Gasteiger partial charge in [0, 0.05) is 0 Å². The molecule has 4 rings (SSSR count). The highest BCUT2D eigenvalue weighted by molar-refractivity contribution is 5.64. The second-order valence-electron chi connectivity index (χ2n) is 8.59. The Morgan fingerprint density at radius 2 is 1.59 bits per heavy atom. The molecule has 0 bridgehead atoms. The molecule has 1 nitrogen and oxygen atoms in total. The number of methoxy groups -OCH3 is 1. The number of ether oxygens (including phenoxy) is 1. The molecule has 2 fully saturated rings. The molecule has 2 aliphatic carbocycles. The topological polar surface area (TPSA) is 9.23 Å². The Morgan fingerprint density at radius 3 is 2.30 bits per heavy atom. The molecule has 0 spiro atoms. The molecule has 0 radical (unpaired) electrons. The lowest BCUT2D eigenvalue weighted by Crippen LogP contribution is -2.30. The predicted octanol–water partition coefficient (Wildman–Crippen LogP) is 7.21. The highest BCUT2D eigenvalue weighted by Gasteiger charge is 2.35. The molecule has 1 unspecified atom stereocenters. The summed E-state index contributed by atoms with van der Waals surface area (Å²) in [6.07, 6.45) is 9.79. The summed E-state index contributed by atoms with van der Waals surface area (Å²) in [5, 5.41) is 0. The van der Waals surface area contributed by atoms with Gasteiger partial charge in [-0.25, -0.2) is 4.39 Å². The van der Waals surface area contributed by atoms with Crippen molar-refractivity contribution < 1.29 is 9.13 Å². The maximum absolute atomic E-state index is 14.0. The molecule has 144 valence electrons. The van der Waals surface area contributed by atoms with Crippen molar-refractivity contribution in [2.75, 3.05) is 7.11 Å². The molecular formula is C25H31FO. The first-order valence-corrected chi connectivity index (χ1v) is 10.6. The minimum atomic E-state index is -0.305. The van der Waals surface area contributed by atoms with Gasteiger partial charge in [-0.1, -0.05) is 50.1 Å². The zero-order chi connectivity index (χ0) is 18.8. The lowest BCUT2D eigenvalue weighted by molar-refractivity contribution is 0.116. The molecule has 27 heavy (non-hydrogen) atoms. The Labute approximate surface area is 163 Å². The first-order chi connectivity index (χ1) is 13.2. The van der Waals surface area contributed by atoms with E-state index >= 15 is 0 Å². The fraction of sp³-hybridized carbons (Fsp3) is 0.520. The molecule has 4 atom stereocenters. The van der Waals surface area contributed by atoms with Crippen LogP contribution in [0, 0.1) is 23.6 Å². The summed E-state index contributed by atoms with van der Waals surface area (Å²) >= 11 is 0. The standard InChI is InChI=1S/C25H31FO/c1-3-17-4-5-22-15-21(11-10-20(22)14-17)18-6-8-19(9-7-18)23-12-13-25(27-2)24(26)16-23/h6-9,12-13,16-17,20-22H,3-5,10-11,14-15H2,1-2H3/t17?,20-,21-,22-/m1/s1. The van der Waals surface area contributed by atoms with E-state index in [4.69, 9.17) is 4.74 Å². The number of halogens is 1. The number of hydrogen-bond acceptors (Lipinski definition) is 1. The molecule has 0 aromatic heterocycles. The lowest BCUT2D eigenvalue weighted by Gasteiger charge is -2.42. The van der Waals surface area contributed by atoms with Gasteiger partial charge in [0.1, 0.15) is 0 Å². The molecule has 2 heteroatoms. The highest BCUT2D eigenvalue weighted by Crippen LogP contribution is 2.48. The van der Waals surface area contributed by atoms with E-state index in [2.05, 4.69) is 31.2 Å². The van der Waals surface area contributed by atoms with E-state index in [0.717, 1.165) is 28.9 Å². The minimum Gasteiger partial charge on any atom is -0.494 e. The third-order valence-corrected chi connectivity index (χ3v) is 7.17. The van der Waals surface area contributed by atoms with E-state index in [1.807, 2.05) is 6.07 Å². The number of rotatable bonds is 4. The number of fused-ring (bicyclic) bond motifs is 1. The third-order valence-electron chi connectivity index (χ3n) is 7.17. The van der Waals surface area contributed by atoms with Crippen molar-refractivity contribution in [1.29, 1.82) is 0 Å². The fourth-order valence-corrected chi connectivity index (χ4v) is 5.45. The van der Waals surface area contributed by atoms with Gasteiger partial charge in [-0.15, -0.1) is 0 Å². The van der Waals surface area contributed by atoms with Crippen LogP contribution in [0.1, 0.15) is 63.4 Å². The summed E-state index contributed by atoms with van der Waals surface area (Å²) < 4.78 is 19.0. The first-order valence-electron chi connectivity index (χ1n) is 10.6. The van der Waals surface area contributed by atoms with Crippen molar-refractivity contribution >= 4 is 0 Å². The average molecular weight is 367 g/mol. The zero-order valence-electron chi connectivity index (χ0n) is 16.6. The summed E-state index contributed by atoms with van der Waals surface area (Å²) in [6, 6.07) is 14.0. The average Bonchev–Trinajstić information content (AvgIpc) is 2.73. The van der Waals surface area contributed by atoms with Gasteiger partial charge in [0.05, 0.1) is 7.11 Å². The molecule has 2 aromatic carbocycles. The van der Waals surface area contributed by atoms with Crippen LogP contribution in [-0.2, 0) is 0 Å². The van der Waals surface area contributed by atoms with Gasteiger partial charge in [0.25, 0.3) is 0 Å². The van der Waals surface area contributed by atoms with Crippen molar-refractivity contribution in [3.8, 4) is 16.9 Å². The maximum atomic E-state index is 14.0. The fourth-order valence-electron chi connectivity index (χ4n) is 5.45. The van der Waals surface area contributed by atoms with Crippen molar-refractivity contribution in [3.05, 3.63) is 53.8 Å². The van der Waals surface area contributed by atoms with Crippen LogP contribution >= 0.6 is 0 Å². The van der Waals surface area contributed by atoms with Crippen LogP contribution in [0.5, 0.6) is 5.75 Å². The largest absolute Gasteiger partial charge is 0.494 e. The molecule has 0 aliphatic heterocycles. The molecule has 2 aromatic rings. The lowest BCUT2D eigenvalue weighted by atomic mass is 9.63. The molecule has 0 heterocycles. The van der Waals surface area contributed by atoms with E-state index in [0.29, 0.717) is 11.7 Å². The van der Waals surface area contributed by atoms with Crippen LogP contribution in [0.15, 0.2) is 42.5 Å². The molecule has 2 saturated carbocycles. The monoisotopic (exact) mass is 366 g/mol. The molecule has 2 aliphatic rings. The molecule has 0 N–H and O–H groups in total. The first kappa shape index (κ1) is 18.5. The van der Waals surface area contributed by atoms with Gasteiger partial charge in [0.2, 0.25) is 0 Å². The summed E-state index contributed by atoms with van der Waals surface area (Å²) in [6.45, 7) is 2.35. The van der Waals surface area contributed by atoms with Gasteiger partial charge in [-0.05, 0) is 84.6 Å². The van der Waals surface area contributed by atoms with Gasteiger partial charge < -0.3 is 4.74 Å². The second kappa shape index (κ2) is 8.04. The van der Waals surface area contributed by atoms with Gasteiger partial charge in [-0.3, -0.25) is 0 Å². The quantitative estimate of drug-likeness (QED) is 0.555. The summed E-state index contributed by atoms with van der Waals surface area (Å²) in [7, 11) is 1.50. The van der Waals surface area contributed by atoms with E-state index in [1.54, 1.807) is 12.1 Å². The van der Waals surface area contributed by atoms with Gasteiger partial charge in [0.15, 0.2) is 11.6 Å². The predicted molar refractivity (Wildman–Crippen MR) is 110 cm³/mol. The van der Waals surface area contributed by atoms with Crippen LogP contribution in [0.4, 0.5) is 4.39 Å². The van der Waals surface area contributed by atoms with E-state index < -0.39 is 0 Å². The van der Waals surface area contributed by atoms with Crippen molar-refractivity contribution in [1.82, 2.24) is 0 Å².